The van der Waals surface area contributed by atoms with Gasteiger partial charge in [0.1, 0.15) is 0 Å². The Hall–Kier alpha value is -4.89. The van der Waals surface area contributed by atoms with Gasteiger partial charge in [-0.15, -0.1) is 11.3 Å². The molecule has 7 rings (SSSR count). The van der Waals surface area contributed by atoms with Gasteiger partial charge in [-0.2, -0.15) is 13.2 Å². The maximum absolute atomic E-state index is 13.0. The summed E-state index contributed by atoms with van der Waals surface area (Å²) in [5.74, 6) is 0. The van der Waals surface area contributed by atoms with Crippen LogP contribution in [0.3, 0.4) is 0 Å². The highest BCUT2D eigenvalue weighted by Gasteiger charge is 2.30. The lowest BCUT2D eigenvalue weighted by molar-refractivity contribution is -0.137. The predicted octanol–water partition coefficient (Wildman–Crippen LogP) is 10.6. The van der Waals surface area contributed by atoms with Crippen LogP contribution in [0, 0.1) is 0 Å². The summed E-state index contributed by atoms with van der Waals surface area (Å²) < 4.78 is 39.0. The quantitative estimate of drug-likeness (QED) is 0.162. The van der Waals surface area contributed by atoms with E-state index in [1.54, 1.807) is 0 Å². The van der Waals surface area contributed by atoms with Crippen molar-refractivity contribution < 1.29 is 13.2 Å². The summed E-state index contributed by atoms with van der Waals surface area (Å²) in [7, 11) is 4.23. The fraction of sp³-hybridized carbons (Fsp3) is 0.189. The van der Waals surface area contributed by atoms with Gasteiger partial charge in [0.05, 0.1) is 26.9 Å². The van der Waals surface area contributed by atoms with Crippen LogP contribution < -0.4 is 25.6 Å². The van der Waals surface area contributed by atoms with Crippen LogP contribution in [0.5, 0.6) is 0 Å². The second-order valence-corrected chi connectivity index (χ2v) is 12.6. The van der Waals surface area contributed by atoms with Crippen molar-refractivity contribution in [2.24, 2.45) is 0 Å². The zero-order valence-electron chi connectivity index (χ0n) is 25.6. The molecule has 0 atom stereocenters. The highest BCUT2D eigenvalue weighted by molar-refractivity contribution is 7.20. The molecule has 1 aromatic heterocycles. The third kappa shape index (κ3) is 5.67. The minimum atomic E-state index is -4.37. The summed E-state index contributed by atoms with van der Waals surface area (Å²) in [6, 6.07) is 34.5. The maximum atomic E-state index is 13.0. The Morgan fingerprint density at radius 1 is 0.609 bits per heavy atom. The van der Waals surface area contributed by atoms with Gasteiger partial charge in [-0.3, -0.25) is 0 Å². The number of hydrazine groups is 1. The molecule has 1 fully saturated rings. The number of fused-ring (bicyclic) bond motifs is 2. The van der Waals surface area contributed by atoms with E-state index in [9.17, 15) is 13.2 Å². The van der Waals surface area contributed by atoms with Gasteiger partial charge >= 0.3 is 6.18 Å². The molecule has 2 N–H and O–H groups in total. The number of nitrogens with one attached hydrogen (secondary N) is 2. The molecule has 0 amide bonds. The summed E-state index contributed by atoms with van der Waals surface area (Å²) in [5.41, 5.74) is 10.2. The summed E-state index contributed by atoms with van der Waals surface area (Å²) in [4.78, 5) is 6.99. The number of thiophene rings is 1. The van der Waals surface area contributed by atoms with Crippen LogP contribution in [-0.4, -0.2) is 27.2 Å². The van der Waals surface area contributed by atoms with Crippen molar-refractivity contribution in [2.75, 3.05) is 52.7 Å². The topological polar surface area (TPSA) is 33.8 Å². The van der Waals surface area contributed by atoms with Gasteiger partial charge in [-0.1, -0.05) is 48.5 Å². The molecular weight excluding hydrogens is 604 g/mol. The number of halogens is 3. The smallest absolute Gasteiger partial charge is 0.363 e. The van der Waals surface area contributed by atoms with E-state index in [-0.39, 0.29) is 0 Å². The van der Waals surface area contributed by atoms with Gasteiger partial charge in [-0.25, -0.2) is 0 Å². The van der Waals surface area contributed by atoms with E-state index in [2.05, 4.69) is 100 Å². The van der Waals surface area contributed by atoms with Crippen LogP contribution in [0.15, 0.2) is 109 Å². The summed E-state index contributed by atoms with van der Waals surface area (Å²) in [6.07, 6.45) is -1.85. The molecule has 0 spiro atoms. The number of alkyl halides is 3. The van der Waals surface area contributed by atoms with Crippen molar-refractivity contribution in [1.29, 1.82) is 0 Å². The first-order chi connectivity index (χ1) is 22.3. The second-order valence-electron chi connectivity index (χ2n) is 11.6. The fourth-order valence-corrected chi connectivity index (χ4v) is 7.31. The third-order valence-electron chi connectivity index (χ3n) is 8.74. The molecule has 1 saturated heterocycles. The Kier molecular flexibility index (Phi) is 7.86. The van der Waals surface area contributed by atoms with Gasteiger partial charge in [-0.05, 0) is 73.5 Å². The van der Waals surface area contributed by atoms with Crippen molar-refractivity contribution in [3.8, 4) is 0 Å². The number of rotatable bonds is 8. The van der Waals surface area contributed by atoms with E-state index in [0.29, 0.717) is 5.69 Å². The van der Waals surface area contributed by atoms with Crippen molar-refractivity contribution >= 4 is 71.3 Å². The normalized spacial score (nSPS) is 13.4. The lowest BCUT2D eigenvalue weighted by atomic mass is 10.0. The largest absolute Gasteiger partial charge is 0.416 e. The number of hydrogen-bond donors (Lipinski definition) is 2. The van der Waals surface area contributed by atoms with Crippen LogP contribution in [0.25, 0.3) is 21.5 Å². The van der Waals surface area contributed by atoms with E-state index in [1.807, 2.05) is 35.6 Å². The Bertz CT molecular complexity index is 2000. The molecule has 0 aliphatic carbocycles. The molecule has 0 bridgehead atoms. The Morgan fingerprint density at radius 2 is 1.15 bits per heavy atom. The van der Waals surface area contributed by atoms with Crippen LogP contribution in [0.4, 0.5) is 51.6 Å². The maximum Gasteiger partial charge on any atom is 0.416 e. The number of anilines is 7. The Labute approximate surface area is 270 Å². The lowest BCUT2D eigenvalue weighted by Crippen LogP contribution is -2.15. The summed E-state index contributed by atoms with van der Waals surface area (Å²) in [5, 5.41) is 6.90. The summed E-state index contributed by atoms with van der Waals surface area (Å²) >= 11 is 1.84. The van der Waals surface area contributed by atoms with Gasteiger partial charge in [0.2, 0.25) is 0 Å². The van der Waals surface area contributed by atoms with Crippen LogP contribution in [0.2, 0.25) is 0 Å². The average molecular weight is 638 g/mol. The van der Waals surface area contributed by atoms with E-state index < -0.39 is 11.7 Å². The van der Waals surface area contributed by atoms with Gasteiger partial charge in [0, 0.05) is 65.8 Å². The average Bonchev–Trinajstić information content (AvgIpc) is 3.79. The van der Waals surface area contributed by atoms with Gasteiger partial charge < -0.3 is 25.6 Å². The lowest BCUT2D eigenvalue weighted by Gasteiger charge is -2.27. The molecule has 0 radical (unpaired) electrons. The van der Waals surface area contributed by atoms with Crippen molar-refractivity contribution in [3.63, 3.8) is 0 Å². The first-order valence-corrected chi connectivity index (χ1v) is 16.1. The minimum Gasteiger partial charge on any atom is -0.363 e. The Morgan fingerprint density at radius 3 is 1.76 bits per heavy atom. The molecule has 5 aromatic carbocycles. The van der Waals surface area contributed by atoms with E-state index >= 15 is 0 Å². The van der Waals surface area contributed by atoms with E-state index in [1.165, 1.54) is 40.4 Å². The van der Waals surface area contributed by atoms with Crippen molar-refractivity contribution in [3.05, 3.63) is 115 Å². The third-order valence-corrected chi connectivity index (χ3v) is 9.97. The molecule has 46 heavy (non-hydrogen) atoms. The van der Waals surface area contributed by atoms with Crippen LogP contribution >= 0.6 is 11.3 Å². The minimum absolute atomic E-state index is 0.532. The second kappa shape index (κ2) is 12.1. The zero-order chi connectivity index (χ0) is 31.8. The molecule has 6 aromatic rings. The molecule has 1 aliphatic heterocycles. The standard InChI is InChI=1S/C37H34F3N5S/c1-43(32-18-17-31(27-9-3-4-10-28(27)32)42-41-26-15-13-25(14-16-26)37(38,39)40)33-19-20-34(30-12-6-5-11-29(30)33)44(2)35-21-22-36(46-35)45-23-7-8-24-45/h3-6,9-22,41-42H,7-8,23-24H2,1-2H3. The Balaban J connectivity index is 1.18. The summed E-state index contributed by atoms with van der Waals surface area (Å²) in [6.45, 7) is 2.27. The van der Waals surface area contributed by atoms with Crippen molar-refractivity contribution in [2.45, 2.75) is 19.0 Å². The van der Waals surface area contributed by atoms with E-state index in [4.69, 9.17) is 0 Å². The zero-order valence-corrected chi connectivity index (χ0v) is 26.4. The fourth-order valence-electron chi connectivity index (χ4n) is 6.27. The van der Waals surface area contributed by atoms with E-state index in [0.717, 1.165) is 64.1 Å². The molecule has 0 unspecified atom stereocenters. The molecular formula is C37H34F3N5S. The SMILES string of the molecule is CN(c1ccc(N2CCCC2)s1)c1ccc(N(C)c2ccc(NNc3ccc(C(F)(F)F)cc3)c3ccccc23)c2ccccc12. The highest BCUT2D eigenvalue weighted by atomic mass is 32.1. The molecule has 9 heteroatoms. The van der Waals surface area contributed by atoms with Gasteiger partial charge in [0.25, 0.3) is 0 Å². The predicted molar refractivity (Wildman–Crippen MR) is 188 cm³/mol. The number of benzene rings is 5. The van der Waals surface area contributed by atoms with Crippen LogP contribution in [0.1, 0.15) is 18.4 Å². The number of hydrogen-bond acceptors (Lipinski definition) is 6. The molecule has 1 aliphatic rings. The first-order valence-electron chi connectivity index (χ1n) is 15.3. The molecule has 5 nitrogen and oxygen atoms in total. The van der Waals surface area contributed by atoms with Crippen LogP contribution in [-0.2, 0) is 6.18 Å². The monoisotopic (exact) mass is 637 g/mol. The highest BCUT2D eigenvalue weighted by Crippen LogP contribution is 2.43. The molecule has 2 heterocycles. The molecule has 234 valence electrons. The van der Waals surface area contributed by atoms with Gasteiger partial charge in [0.15, 0.2) is 0 Å². The number of nitrogens with zero attached hydrogens (tertiary/aromatic N) is 3. The first kappa shape index (κ1) is 29.8. The van der Waals surface area contributed by atoms with Crippen molar-refractivity contribution in [1.82, 2.24) is 0 Å². The molecule has 0 saturated carbocycles.